The van der Waals surface area contributed by atoms with Crippen LogP contribution in [0.1, 0.15) is 31.9 Å². The molecule has 0 bridgehead atoms. The first-order valence-electron chi connectivity index (χ1n) is 7.03. The van der Waals surface area contributed by atoms with E-state index in [4.69, 9.17) is 4.74 Å². The number of thiazole rings is 1. The molecule has 2 aliphatic rings. The van der Waals surface area contributed by atoms with E-state index in [9.17, 15) is 0 Å². The van der Waals surface area contributed by atoms with Gasteiger partial charge in [0.05, 0.1) is 17.3 Å². The Morgan fingerprint density at radius 1 is 1.56 bits per heavy atom. The maximum Gasteiger partial charge on any atom is 0.0794 e. The lowest BCUT2D eigenvalue weighted by Gasteiger charge is -2.34. The second-order valence-corrected chi connectivity index (χ2v) is 6.40. The highest BCUT2D eigenvalue weighted by Crippen LogP contribution is 2.49. The van der Waals surface area contributed by atoms with Crippen molar-refractivity contribution < 1.29 is 4.74 Å². The van der Waals surface area contributed by atoms with Gasteiger partial charge in [-0.25, -0.2) is 4.98 Å². The minimum atomic E-state index is 0.283. The highest BCUT2D eigenvalue weighted by molar-refractivity contribution is 7.07. The summed E-state index contributed by atoms with van der Waals surface area (Å²) in [5.74, 6) is 0.810. The van der Waals surface area contributed by atoms with Crippen LogP contribution in [-0.2, 0) is 11.2 Å². The van der Waals surface area contributed by atoms with E-state index >= 15 is 0 Å². The zero-order valence-corrected chi connectivity index (χ0v) is 11.8. The number of hydrogen-bond donors (Lipinski definition) is 1. The van der Waals surface area contributed by atoms with Crippen molar-refractivity contribution in [1.29, 1.82) is 0 Å². The van der Waals surface area contributed by atoms with Gasteiger partial charge in [0.1, 0.15) is 0 Å². The molecule has 100 valence electrons. The van der Waals surface area contributed by atoms with E-state index in [1.807, 2.05) is 5.51 Å². The summed E-state index contributed by atoms with van der Waals surface area (Å²) in [5.41, 5.74) is 3.47. The molecule has 1 N–H and O–H groups in total. The fourth-order valence-electron chi connectivity index (χ4n) is 3.24. The lowest BCUT2D eigenvalue weighted by Crippen LogP contribution is -2.43. The van der Waals surface area contributed by atoms with Gasteiger partial charge in [0.25, 0.3) is 0 Å². The van der Waals surface area contributed by atoms with Gasteiger partial charge in [-0.3, -0.25) is 0 Å². The van der Waals surface area contributed by atoms with Crippen LogP contribution in [0.25, 0.3) is 0 Å². The van der Waals surface area contributed by atoms with Crippen molar-refractivity contribution in [2.24, 2.45) is 11.3 Å². The highest BCUT2D eigenvalue weighted by Gasteiger charge is 2.50. The lowest BCUT2D eigenvalue weighted by atomic mass is 9.75. The summed E-state index contributed by atoms with van der Waals surface area (Å²) >= 11 is 1.70. The monoisotopic (exact) mass is 266 g/mol. The first-order valence-corrected chi connectivity index (χ1v) is 7.98. The summed E-state index contributed by atoms with van der Waals surface area (Å²) in [5, 5.41) is 5.74. The summed E-state index contributed by atoms with van der Waals surface area (Å²) in [6.45, 7) is 5.22. The van der Waals surface area contributed by atoms with E-state index in [1.54, 1.807) is 11.3 Å². The quantitative estimate of drug-likeness (QED) is 0.859. The maximum atomic E-state index is 6.07. The topological polar surface area (TPSA) is 34.2 Å². The number of nitrogens with one attached hydrogen (secondary N) is 1. The van der Waals surface area contributed by atoms with Crippen LogP contribution in [0.2, 0.25) is 0 Å². The molecule has 1 saturated heterocycles. The summed E-state index contributed by atoms with van der Waals surface area (Å²) in [6, 6.07) is 0. The molecule has 18 heavy (non-hydrogen) atoms. The molecule has 3 nitrogen and oxygen atoms in total. The van der Waals surface area contributed by atoms with E-state index in [2.05, 4.69) is 22.6 Å². The number of nitrogens with zero attached hydrogens (tertiary/aromatic N) is 1. The van der Waals surface area contributed by atoms with Crippen molar-refractivity contribution in [3.63, 3.8) is 0 Å². The predicted octanol–water partition coefficient (Wildman–Crippen LogP) is 2.48. The van der Waals surface area contributed by atoms with Gasteiger partial charge < -0.3 is 10.1 Å². The Bertz CT molecular complexity index is 377. The van der Waals surface area contributed by atoms with Crippen molar-refractivity contribution in [3.05, 3.63) is 16.6 Å². The SMILES string of the molecule is CCNCC1(Cc2cscn2)CCOC1C1CC1. The molecule has 1 aromatic heterocycles. The van der Waals surface area contributed by atoms with Gasteiger partial charge in [-0.1, -0.05) is 6.92 Å². The second kappa shape index (κ2) is 5.27. The molecule has 2 unspecified atom stereocenters. The van der Waals surface area contributed by atoms with E-state index in [-0.39, 0.29) is 5.41 Å². The number of ether oxygens (including phenoxy) is 1. The Morgan fingerprint density at radius 3 is 3.11 bits per heavy atom. The van der Waals surface area contributed by atoms with Crippen molar-refractivity contribution >= 4 is 11.3 Å². The van der Waals surface area contributed by atoms with Crippen molar-refractivity contribution in [3.8, 4) is 0 Å². The molecule has 2 atom stereocenters. The molecule has 1 aliphatic heterocycles. The van der Waals surface area contributed by atoms with Gasteiger partial charge in [-0.15, -0.1) is 11.3 Å². The third kappa shape index (κ3) is 2.46. The second-order valence-electron chi connectivity index (χ2n) is 5.68. The van der Waals surface area contributed by atoms with Gasteiger partial charge in [-0.05, 0) is 38.1 Å². The van der Waals surface area contributed by atoms with Gasteiger partial charge in [0.15, 0.2) is 0 Å². The predicted molar refractivity (Wildman–Crippen MR) is 73.9 cm³/mol. The van der Waals surface area contributed by atoms with Crippen molar-refractivity contribution in [2.45, 2.75) is 38.7 Å². The summed E-state index contributed by atoms with van der Waals surface area (Å²) in [6.07, 6.45) is 5.42. The number of aromatic nitrogens is 1. The first-order chi connectivity index (χ1) is 8.84. The Hall–Kier alpha value is -0.450. The molecule has 4 heteroatoms. The Morgan fingerprint density at radius 2 is 2.44 bits per heavy atom. The normalized spacial score (nSPS) is 31.9. The van der Waals surface area contributed by atoms with Crippen LogP contribution in [0, 0.1) is 11.3 Å². The number of rotatable bonds is 6. The molecule has 0 amide bonds. The molecule has 1 aromatic rings. The molecule has 0 spiro atoms. The molecule has 2 fully saturated rings. The third-order valence-electron chi connectivity index (χ3n) is 4.29. The smallest absolute Gasteiger partial charge is 0.0794 e. The van der Waals surface area contributed by atoms with Crippen LogP contribution in [0.5, 0.6) is 0 Å². The summed E-state index contributed by atoms with van der Waals surface area (Å²) < 4.78 is 6.07. The van der Waals surface area contributed by atoms with E-state index in [1.165, 1.54) is 25.0 Å². The standard InChI is InChI=1S/C14H22N2OS/c1-2-15-9-14(7-12-8-18-10-16-12)5-6-17-13(14)11-3-4-11/h8,10-11,13,15H,2-7,9H2,1H3. The molecule has 1 saturated carbocycles. The Balaban J connectivity index is 1.77. The molecular weight excluding hydrogens is 244 g/mol. The Kier molecular flexibility index (Phi) is 3.68. The van der Waals surface area contributed by atoms with Crippen LogP contribution in [0.4, 0.5) is 0 Å². The van der Waals surface area contributed by atoms with Gasteiger partial charge in [0.2, 0.25) is 0 Å². The van der Waals surface area contributed by atoms with Crippen LogP contribution >= 0.6 is 11.3 Å². The number of hydrogen-bond acceptors (Lipinski definition) is 4. The average Bonchev–Trinajstić information content (AvgIpc) is 2.94. The van der Waals surface area contributed by atoms with Crippen LogP contribution in [0.15, 0.2) is 10.9 Å². The molecule has 3 rings (SSSR count). The molecule has 0 radical (unpaired) electrons. The maximum absolute atomic E-state index is 6.07. The van der Waals surface area contributed by atoms with E-state index in [0.717, 1.165) is 32.0 Å². The molecule has 0 aromatic carbocycles. The van der Waals surface area contributed by atoms with Crippen LogP contribution in [0.3, 0.4) is 0 Å². The summed E-state index contributed by atoms with van der Waals surface area (Å²) in [4.78, 5) is 4.48. The molecular formula is C14H22N2OS. The largest absolute Gasteiger partial charge is 0.377 e. The van der Waals surface area contributed by atoms with Gasteiger partial charge in [0, 0.05) is 23.9 Å². The van der Waals surface area contributed by atoms with Gasteiger partial charge in [-0.2, -0.15) is 0 Å². The highest BCUT2D eigenvalue weighted by atomic mass is 32.1. The molecule has 1 aliphatic carbocycles. The Labute approximate surface area is 113 Å². The van der Waals surface area contributed by atoms with Crippen molar-refractivity contribution in [1.82, 2.24) is 10.3 Å². The van der Waals surface area contributed by atoms with E-state index in [0.29, 0.717) is 6.10 Å². The zero-order valence-electron chi connectivity index (χ0n) is 11.0. The van der Waals surface area contributed by atoms with Crippen LogP contribution in [-0.4, -0.2) is 30.8 Å². The first kappa shape index (κ1) is 12.6. The molecule has 2 heterocycles. The fraction of sp³-hybridized carbons (Fsp3) is 0.786. The van der Waals surface area contributed by atoms with Crippen molar-refractivity contribution in [2.75, 3.05) is 19.7 Å². The summed E-state index contributed by atoms with van der Waals surface area (Å²) in [7, 11) is 0. The minimum Gasteiger partial charge on any atom is -0.377 e. The van der Waals surface area contributed by atoms with E-state index < -0.39 is 0 Å². The zero-order chi connectivity index (χ0) is 12.4. The average molecular weight is 266 g/mol. The fourth-order valence-corrected chi connectivity index (χ4v) is 3.80. The lowest BCUT2D eigenvalue weighted by molar-refractivity contribution is 0.0305. The third-order valence-corrected chi connectivity index (χ3v) is 4.93. The van der Waals surface area contributed by atoms with Crippen LogP contribution < -0.4 is 5.32 Å². The minimum absolute atomic E-state index is 0.283. The van der Waals surface area contributed by atoms with Gasteiger partial charge >= 0.3 is 0 Å².